The van der Waals surface area contributed by atoms with Crippen LogP contribution in [0.3, 0.4) is 0 Å². The van der Waals surface area contributed by atoms with Crippen molar-refractivity contribution in [3.63, 3.8) is 0 Å². The van der Waals surface area contributed by atoms with Gasteiger partial charge < -0.3 is 10.1 Å². The third-order valence-corrected chi connectivity index (χ3v) is 7.10. The van der Waals surface area contributed by atoms with Gasteiger partial charge in [0.2, 0.25) is 0 Å². The molecule has 2 aromatic rings. The Bertz CT molecular complexity index is 1130. The minimum Gasteiger partial charge on any atom is -0.464 e. The van der Waals surface area contributed by atoms with Gasteiger partial charge >= 0.3 is 5.97 Å². The van der Waals surface area contributed by atoms with E-state index in [2.05, 4.69) is 12.2 Å². The molecule has 1 amide bonds. The molecule has 196 valence electrons. The molecular weight excluding hydrogens is 452 g/mol. The van der Waals surface area contributed by atoms with E-state index in [-0.39, 0.29) is 29.5 Å². The zero-order valence-electron chi connectivity index (χ0n) is 22.9. The van der Waals surface area contributed by atoms with Gasteiger partial charge in [-0.1, -0.05) is 57.5 Å². The van der Waals surface area contributed by atoms with Crippen molar-refractivity contribution in [1.29, 1.82) is 0 Å². The molecule has 0 radical (unpaired) electrons. The highest BCUT2D eigenvalue weighted by Gasteiger charge is 2.32. The molecule has 0 spiro atoms. The first-order chi connectivity index (χ1) is 16.9. The lowest BCUT2D eigenvalue weighted by Crippen LogP contribution is -2.40. The van der Waals surface area contributed by atoms with Gasteiger partial charge in [-0.2, -0.15) is 0 Å². The summed E-state index contributed by atoms with van der Waals surface area (Å²) in [5.74, 6) is 0.0172. The average molecular weight is 495 g/mol. The zero-order valence-corrected chi connectivity index (χ0v) is 22.9. The summed E-state index contributed by atoms with van der Waals surface area (Å²) in [6, 6.07) is 8.54. The summed E-state index contributed by atoms with van der Waals surface area (Å²) in [5, 5.41) is 3.16. The van der Waals surface area contributed by atoms with Crippen LogP contribution >= 0.6 is 0 Å². The fourth-order valence-corrected chi connectivity index (χ4v) is 5.10. The van der Waals surface area contributed by atoms with Crippen LogP contribution < -0.4 is 10.9 Å². The summed E-state index contributed by atoms with van der Waals surface area (Å²) in [6.07, 6.45) is 4.51. The Morgan fingerprint density at radius 2 is 1.69 bits per heavy atom. The van der Waals surface area contributed by atoms with E-state index in [1.165, 1.54) is 6.07 Å². The van der Waals surface area contributed by atoms with Gasteiger partial charge in [0, 0.05) is 17.7 Å². The number of aryl methyl sites for hydroxylation is 1. The number of ether oxygens (including phenoxy) is 1. The molecule has 0 saturated heterocycles. The number of benzene rings is 1. The smallest absolute Gasteiger partial charge is 0.329 e. The Balaban J connectivity index is 2.16. The summed E-state index contributed by atoms with van der Waals surface area (Å²) in [5.41, 5.74) is 2.91. The molecule has 1 atom stereocenters. The minimum absolute atomic E-state index is 0.117. The number of carbonyl (C=O) groups excluding carboxylic acids is 2. The third kappa shape index (κ3) is 6.65. The fourth-order valence-electron chi connectivity index (χ4n) is 5.10. The Morgan fingerprint density at radius 1 is 1.08 bits per heavy atom. The van der Waals surface area contributed by atoms with Gasteiger partial charge in [0.15, 0.2) is 0 Å². The zero-order chi connectivity index (χ0) is 26.6. The lowest BCUT2D eigenvalue weighted by molar-refractivity contribution is -0.148. The molecule has 0 aliphatic heterocycles. The van der Waals surface area contributed by atoms with Crippen LogP contribution in [0.1, 0.15) is 94.2 Å². The fraction of sp³-hybridized carbons (Fsp3) is 0.567. The quantitative estimate of drug-likeness (QED) is 0.480. The minimum atomic E-state index is -0.801. The summed E-state index contributed by atoms with van der Waals surface area (Å²) < 4.78 is 6.96. The van der Waals surface area contributed by atoms with E-state index < -0.39 is 12.0 Å². The Labute approximate surface area is 215 Å². The maximum absolute atomic E-state index is 13.7. The molecule has 1 unspecified atom stereocenters. The topological polar surface area (TPSA) is 77.4 Å². The number of nitrogens with zero attached hydrogens (tertiary/aromatic N) is 1. The maximum Gasteiger partial charge on any atom is 0.329 e. The standard InChI is InChI=1S/C30H42N2O4/c1-8-36-29(35)25(18-30(5,6)7)32-26(33)17-24(28(34)31-23-15-11-20(3)12-16-23)21(4)27(32)22-13-9-19(2)10-14-22/h9-10,13-14,17,20,23,25H,8,11-12,15-16,18H2,1-7H3,(H,31,34)/t20-,23-,25?. The van der Waals surface area contributed by atoms with Crippen molar-refractivity contribution in [1.82, 2.24) is 9.88 Å². The van der Waals surface area contributed by atoms with E-state index in [0.717, 1.165) is 36.8 Å². The van der Waals surface area contributed by atoms with Crippen LogP contribution in [0, 0.1) is 25.2 Å². The predicted molar refractivity (Wildman–Crippen MR) is 144 cm³/mol. The number of hydrogen-bond donors (Lipinski definition) is 1. The molecule has 0 bridgehead atoms. The highest BCUT2D eigenvalue weighted by Crippen LogP contribution is 2.34. The Morgan fingerprint density at radius 3 is 2.25 bits per heavy atom. The van der Waals surface area contributed by atoms with Crippen LogP contribution in [-0.4, -0.2) is 29.1 Å². The van der Waals surface area contributed by atoms with Crippen LogP contribution in [0.4, 0.5) is 0 Å². The van der Waals surface area contributed by atoms with Crippen LogP contribution in [-0.2, 0) is 9.53 Å². The second-order valence-corrected chi connectivity index (χ2v) is 11.6. The second kappa shape index (κ2) is 11.4. The first kappa shape index (κ1) is 27.7. The van der Waals surface area contributed by atoms with E-state index >= 15 is 0 Å². The number of aromatic nitrogens is 1. The van der Waals surface area contributed by atoms with Crippen LogP contribution in [0.2, 0.25) is 0 Å². The van der Waals surface area contributed by atoms with Crippen LogP contribution in [0.25, 0.3) is 11.3 Å². The van der Waals surface area contributed by atoms with E-state index in [4.69, 9.17) is 4.74 Å². The van der Waals surface area contributed by atoms with E-state index in [1.807, 2.05) is 58.9 Å². The lowest BCUT2D eigenvalue weighted by atomic mass is 9.86. The predicted octanol–water partition coefficient (Wildman–Crippen LogP) is 5.98. The largest absolute Gasteiger partial charge is 0.464 e. The first-order valence-corrected chi connectivity index (χ1v) is 13.2. The van der Waals surface area contributed by atoms with Gasteiger partial charge in [0.25, 0.3) is 11.5 Å². The molecular formula is C30H42N2O4. The normalized spacial score (nSPS) is 19.0. The summed E-state index contributed by atoms with van der Waals surface area (Å²) >= 11 is 0. The van der Waals surface area contributed by atoms with Gasteiger partial charge in [-0.15, -0.1) is 0 Å². The number of nitrogens with one attached hydrogen (secondary N) is 1. The third-order valence-electron chi connectivity index (χ3n) is 7.10. The monoisotopic (exact) mass is 494 g/mol. The van der Waals surface area contributed by atoms with Gasteiger partial charge in [-0.05, 0) is 75.3 Å². The maximum atomic E-state index is 13.7. The molecule has 1 aliphatic rings. The highest BCUT2D eigenvalue weighted by molar-refractivity contribution is 5.97. The van der Waals surface area contributed by atoms with Crippen LogP contribution in [0.15, 0.2) is 35.1 Å². The molecule has 1 saturated carbocycles. The van der Waals surface area contributed by atoms with Crippen molar-refractivity contribution < 1.29 is 14.3 Å². The molecule has 1 aliphatic carbocycles. The Hall–Kier alpha value is -2.89. The van der Waals surface area contributed by atoms with E-state index in [1.54, 1.807) is 11.5 Å². The molecule has 1 N–H and O–H groups in total. The molecule has 3 rings (SSSR count). The Kier molecular flexibility index (Phi) is 8.80. The SMILES string of the molecule is CCOC(=O)C(CC(C)(C)C)n1c(-c2ccc(C)cc2)c(C)c(C(=O)N[C@H]2CC[C@H](C)CC2)cc1=O. The highest BCUT2D eigenvalue weighted by atomic mass is 16.5. The average Bonchev–Trinajstić information content (AvgIpc) is 2.80. The number of esters is 1. The van der Waals surface area contributed by atoms with Crippen LogP contribution in [0.5, 0.6) is 0 Å². The van der Waals surface area contributed by atoms with Crippen molar-refractivity contribution >= 4 is 11.9 Å². The molecule has 1 aromatic carbocycles. The van der Waals surface area contributed by atoms with Gasteiger partial charge in [-0.3, -0.25) is 14.2 Å². The van der Waals surface area contributed by atoms with Crippen molar-refractivity contribution in [3.05, 3.63) is 57.4 Å². The summed E-state index contributed by atoms with van der Waals surface area (Å²) in [7, 11) is 0. The molecule has 36 heavy (non-hydrogen) atoms. The van der Waals surface area contributed by atoms with Crippen molar-refractivity contribution in [3.8, 4) is 11.3 Å². The number of carbonyl (C=O) groups is 2. The molecule has 6 heteroatoms. The van der Waals surface area contributed by atoms with Gasteiger partial charge in [-0.25, -0.2) is 4.79 Å². The number of rotatable bonds is 7. The van der Waals surface area contributed by atoms with Gasteiger partial charge in [0.1, 0.15) is 6.04 Å². The molecule has 6 nitrogen and oxygen atoms in total. The lowest BCUT2D eigenvalue weighted by Gasteiger charge is -2.30. The van der Waals surface area contributed by atoms with E-state index in [9.17, 15) is 14.4 Å². The molecule has 1 heterocycles. The summed E-state index contributed by atoms with van der Waals surface area (Å²) in [6.45, 7) is 14.2. The van der Waals surface area contributed by atoms with Crippen molar-refractivity contribution in [2.24, 2.45) is 11.3 Å². The van der Waals surface area contributed by atoms with E-state index in [0.29, 0.717) is 29.2 Å². The van der Waals surface area contributed by atoms with Crippen molar-refractivity contribution in [2.75, 3.05) is 6.61 Å². The number of pyridine rings is 1. The second-order valence-electron chi connectivity index (χ2n) is 11.6. The molecule has 1 aromatic heterocycles. The molecule has 1 fully saturated rings. The number of hydrogen-bond acceptors (Lipinski definition) is 4. The first-order valence-electron chi connectivity index (χ1n) is 13.2. The number of amides is 1. The van der Waals surface area contributed by atoms with Gasteiger partial charge in [0.05, 0.1) is 12.3 Å². The summed E-state index contributed by atoms with van der Waals surface area (Å²) in [4.78, 5) is 40.3. The van der Waals surface area contributed by atoms with Crippen molar-refractivity contribution in [2.45, 2.75) is 92.7 Å².